The van der Waals surface area contributed by atoms with E-state index in [1.165, 1.54) is 24.0 Å². The first kappa shape index (κ1) is 11.9. The predicted molar refractivity (Wildman–Crippen MR) is 68.7 cm³/mol. The molecule has 0 spiro atoms. The zero-order chi connectivity index (χ0) is 12.3. The van der Waals surface area contributed by atoms with Gasteiger partial charge in [0.05, 0.1) is 5.75 Å². The van der Waals surface area contributed by atoms with Gasteiger partial charge in [-0.3, -0.25) is 4.79 Å². The monoisotopic (exact) mass is 269 g/mol. The van der Waals surface area contributed by atoms with E-state index in [1.807, 2.05) is 0 Å². The zero-order valence-corrected chi connectivity index (χ0v) is 10.1. The third-order valence-corrected chi connectivity index (χ3v) is 3.01. The highest BCUT2D eigenvalue weighted by Crippen LogP contribution is 2.20. The van der Waals surface area contributed by atoms with E-state index in [9.17, 15) is 9.90 Å². The smallest absolute Gasteiger partial charge is 0.250 e. The van der Waals surface area contributed by atoms with Crippen LogP contribution in [0, 0.1) is 0 Å². The molecule has 88 valence electrons. The van der Waals surface area contributed by atoms with Gasteiger partial charge in [0.2, 0.25) is 5.17 Å². The number of carbonyl (C=O) groups excluding carboxylic acids is 1. The second-order valence-corrected chi connectivity index (χ2v) is 4.56. The van der Waals surface area contributed by atoms with Crippen molar-refractivity contribution < 1.29 is 9.90 Å². The number of hydrazone groups is 1. The number of nitrogens with zero attached hydrogens (tertiary/aromatic N) is 2. The number of halogens is 1. The Labute approximate surface area is 107 Å². The Morgan fingerprint density at radius 1 is 1.59 bits per heavy atom. The van der Waals surface area contributed by atoms with Gasteiger partial charge in [0.1, 0.15) is 5.75 Å². The SMILES string of the molecule is O=C1CSC(/N=C/c2ccc(Cl)cc2O)=NN1. The summed E-state index contributed by atoms with van der Waals surface area (Å²) in [6, 6.07) is 4.73. The average molecular weight is 270 g/mol. The molecule has 5 nitrogen and oxygen atoms in total. The van der Waals surface area contributed by atoms with E-state index in [1.54, 1.807) is 12.1 Å². The maximum Gasteiger partial charge on any atom is 0.250 e. The summed E-state index contributed by atoms with van der Waals surface area (Å²) in [5.41, 5.74) is 2.86. The van der Waals surface area contributed by atoms with Crippen LogP contribution in [0.15, 0.2) is 28.3 Å². The Morgan fingerprint density at radius 2 is 2.41 bits per heavy atom. The normalized spacial score (nSPS) is 15.8. The maximum atomic E-state index is 10.8. The van der Waals surface area contributed by atoms with Crippen LogP contribution < -0.4 is 5.43 Å². The minimum atomic E-state index is -0.150. The van der Waals surface area contributed by atoms with Gasteiger partial charge in [-0.05, 0) is 18.2 Å². The lowest BCUT2D eigenvalue weighted by atomic mass is 10.2. The van der Waals surface area contributed by atoms with Crippen LogP contribution in [0.4, 0.5) is 0 Å². The Kier molecular flexibility index (Phi) is 3.65. The number of thioether (sulfide) groups is 1. The molecule has 1 amide bonds. The zero-order valence-electron chi connectivity index (χ0n) is 8.55. The molecule has 2 rings (SSSR count). The van der Waals surface area contributed by atoms with E-state index in [4.69, 9.17) is 11.6 Å². The van der Waals surface area contributed by atoms with Gasteiger partial charge in [-0.15, -0.1) is 5.10 Å². The molecular formula is C10H8ClN3O2S. The van der Waals surface area contributed by atoms with E-state index in [0.717, 1.165) is 0 Å². The first-order chi connectivity index (χ1) is 8.15. The molecule has 1 aliphatic heterocycles. The standard InChI is InChI=1S/C10H8ClN3O2S/c11-7-2-1-6(8(15)3-7)4-12-10-14-13-9(16)5-17-10/h1-4,15H,5H2,(H,13,16)/b12-4+. The fourth-order valence-corrected chi connectivity index (χ4v) is 1.85. The van der Waals surface area contributed by atoms with Gasteiger partial charge in [0.15, 0.2) is 0 Å². The highest BCUT2D eigenvalue weighted by Gasteiger charge is 2.10. The topological polar surface area (TPSA) is 74.0 Å². The van der Waals surface area contributed by atoms with Crippen LogP contribution >= 0.6 is 23.4 Å². The molecule has 1 aliphatic rings. The lowest BCUT2D eigenvalue weighted by Gasteiger charge is -2.06. The van der Waals surface area contributed by atoms with Crippen LogP contribution in [0.2, 0.25) is 5.02 Å². The van der Waals surface area contributed by atoms with Crippen LogP contribution in [-0.2, 0) is 4.79 Å². The van der Waals surface area contributed by atoms with Crippen LogP contribution in [0.3, 0.4) is 0 Å². The van der Waals surface area contributed by atoms with E-state index >= 15 is 0 Å². The number of carbonyl (C=O) groups is 1. The summed E-state index contributed by atoms with van der Waals surface area (Å²) >= 11 is 6.93. The van der Waals surface area contributed by atoms with Crippen molar-refractivity contribution in [2.24, 2.45) is 10.1 Å². The molecule has 0 radical (unpaired) electrons. The Balaban J connectivity index is 2.12. The third-order valence-electron chi connectivity index (χ3n) is 1.92. The van der Waals surface area contributed by atoms with Gasteiger partial charge in [0.25, 0.3) is 5.91 Å². The van der Waals surface area contributed by atoms with Gasteiger partial charge < -0.3 is 5.11 Å². The molecule has 1 aromatic carbocycles. The number of aromatic hydroxyl groups is 1. The summed E-state index contributed by atoms with van der Waals surface area (Å²) in [5, 5.41) is 14.2. The van der Waals surface area contributed by atoms with Gasteiger partial charge >= 0.3 is 0 Å². The van der Waals surface area contributed by atoms with Crippen molar-refractivity contribution in [2.75, 3.05) is 5.75 Å². The summed E-state index contributed by atoms with van der Waals surface area (Å²) in [4.78, 5) is 14.9. The van der Waals surface area contributed by atoms with Gasteiger partial charge in [-0.25, -0.2) is 10.4 Å². The summed E-state index contributed by atoms with van der Waals surface area (Å²) in [7, 11) is 0. The van der Waals surface area contributed by atoms with Crippen molar-refractivity contribution >= 4 is 40.7 Å². The quantitative estimate of drug-likeness (QED) is 0.761. The number of amidine groups is 1. The molecule has 2 N–H and O–H groups in total. The largest absolute Gasteiger partial charge is 0.507 e. The van der Waals surface area contributed by atoms with Crippen LogP contribution in [-0.4, -0.2) is 28.1 Å². The number of phenolic OH excluding ortho intramolecular Hbond substituents is 1. The molecule has 7 heteroatoms. The molecular weight excluding hydrogens is 262 g/mol. The van der Waals surface area contributed by atoms with E-state index in [2.05, 4.69) is 15.5 Å². The van der Waals surface area contributed by atoms with E-state index in [-0.39, 0.29) is 11.7 Å². The average Bonchev–Trinajstić information content (AvgIpc) is 2.30. The van der Waals surface area contributed by atoms with Gasteiger partial charge in [0, 0.05) is 16.8 Å². The number of hydrogen-bond acceptors (Lipinski definition) is 5. The van der Waals surface area contributed by atoms with Gasteiger partial charge in [-0.1, -0.05) is 23.4 Å². The maximum absolute atomic E-state index is 10.8. The van der Waals surface area contributed by atoms with Crippen molar-refractivity contribution in [3.05, 3.63) is 28.8 Å². The lowest BCUT2D eigenvalue weighted by molar-refractivity contribution is -0.118. The molecule has 0 aromatic heterocycles. The fraction of sp³-hybridized carbons (Fsp3) is 0.100. The molecule has 17 heavy (non-hydrogen) atoms. The molecule has 0 saturated heterocycles. The molecule has 0 aliphatic carbocycles. The highest BCUT2D eigenvalue weighted by molar-refractivity contribution is 8.14. The van der Waals surface area contributed by atoms with Crippen molar-refractivity contribution in [3.63, 3.8) is 0 Å². The van der Waals surface area contributed by atoms with Crippen LogP contribution in [0.1, 0.15) is 5.56 Å². The summed E-state index contributed by atoms with van der Waals surface area (Å²) in [5.74, 6) is 0.193. The first-order valence-corrected chi connectivity index (χ1v) is 6.03. The van der Waals surface area contributed by atoms with Crippen molar-refractivity contribution in [3.8, 4) is 5.75 Å². The second-order valence-electron chi connectivity index (χ2n) is 3.18. The second kappa shape index (κ2) is 5.20. The molecule has 0 bridgehead atoms. The molecule has 0 atom stereocenters. The molecule has 1 aromatic rings. The van der Waals surface area contributed by atoms with E-state index in [0.29, 0.717) is 21.5 Å². The number of nitrogens with one attached hydrogen (secondary N) is 1. The molecule has 0 saturated carbocycles. The predicted octanol–water partition coefficient (Wildman–Crippen LogP) is 1.60. The minimum absolute atomic E-state index is 0.0479. The van der Waals surface area contributed by atoms with Crippen molar-refractivity contribution in [2.45, 2.75) is 0 Å². The number of rotatable bonds is 1. The fourth-order valence-electron chi connectivity index (χ4n) is 1.12. The lowest BCUT2D eigenvalue weighted by Crippen LogP contribution is -2.25. The minimum Gasteiger partial charge on any atom is -0.507 e. The number of hydrogen-bond donors (Lipinski definition) is 2. The number of phenols is 1. The first-order valence-electron chi connectivity index (χ1n) is 4.67. The number of benzene rings is 1. The number of amides is 1. The summed E-state index contributed by atoms with van der Waals surface area (Å²) in [6.07, 6.45) is 1.47. The van der Waals surface area contributed by atoms with E-state index < -0.39 is 0 Å². The third kappa shape index (κ3) is 3.21. The summed E-state index contributed by atoms with van der Waals surface area (Å²) < 4.78 is 0. The molecule has 0 fully saturated rings. The Morgan fingerprint density at radius 3 is 3.06 bits per heavy atom. The highest BCUT2D eigenvalue weighted by atomic mass is 35.5. The molecule has 1 heterocycles. The Hall–Kier alpha value is -1.53. The number of aliphatic imine (C=N–C) groups is 1. The Bertz CT molecular complexity index is 516. The van der Waals surface area contributed by atoms with Crippen molar-refractivity contribution in [1.82, 2.24) is 5.43 Å². The van der Waals surface area contributed by atoms with Crippen LogP contribution in [0.5, 0.6) is 5.75 Å². The van der Waals surface area contributed by atoms with Gasteiger partial charge in [-0.2, -0.15) is 0 Å². The summed E-state index contributed by atoms with van der Waals surface area (Å²) in [6.45, 7) is 0. The van der Waals surface area contributed by atoms with Crippen LogP contribution in [0.25, 0.3) is 0 Å². The van der Waals surface area contributed by atoms with Crippen molar-refractivity contribution in [1.29, 1.82) is 0 Å². The molecule has 0 unspecified atom stereocenters.